The molecule has 0 aromatic rings. The number of aliphatic hydroxyl groups excluding tert-OH is 1. The molecule has 1 atom stereocenters. The van der Waals surface area contributed by atoms with Crippen LogP contribution >= 0.6 is 0 Å². The van der Waals surface area contributed by atoms with Gasteiger partial charge in [0.15, 0.2) is 0 Å². The number of carbonyl (C=O) groups excluding carboxylic acids is 1. The molecule has 0 bridgehead atoms. The van der Waals surface area contributed by atoms with Crippen LogP contribution in [-0.4, -0.2) is 30.7 Å². The molecule has 0 aliphatic heterocycles. The Kier molecular flexibility index (Phi) is 8.57. The van der Waals surface area contributed by atoms with Gasteiger partial charge in [-0.1, -0.05) is 13.3 Å². The fourth-order valence-corrected chi connectivity index (χ4v) is 1.19. The zero-order valence-electron chi connectivity index (χ0n) is 8.96. The second-order valence-corrected chi connectivity index (χ2v) is 3.49. The highest BCUT2D eigenvalue weighted by atomic mass is 16.2. The molecular weight excluding hydrogens is 180 g/mol. The normalized spacial score (nSPS) is 12.5. The predicted octanol–water partition coefficient (Wildman–Crippen LogP) is 0.250. The highest BCUT2D eigenvalue weighted by molar-refractivity contribution is 5.76. The topological polar surface area (TPSA) is 75.4 Å². The summed E-state index contributed by atoms with van der Waals surface area (Å²) in [6.45, 7) is 3.45. The van der Waals surface area contributed by atoms with Gasteiger partial charge in [-0.3, -0.25) is 4.79 Å². The Morgan fingerprint density at radius 2 is 2.21 bits per heavy atom. The first kappa shape index (κ1) is 13.4. The van der Waals surface area contributed by atoms with Crippen LogP contribution in [-0.2, 0) is 4.79 Å². The van der Waals surface area contributed by atoms with Crippen molar-refractivity contribution in [2.45, 2.75) is 32.6 Å². The lowest BCUT2D eigenvalue weighted by Crippen LogP contribution is -2.28. The van der Waals surface area contributed by atoms with E-state index in [1.807, 2.05) is 6.92 Å². The molecule has 0 radical (unpaired) electrons. The summed E-state index contributed by atoms with van der Waals surface area (Å²) in [6, 6.07) is 0. The number of aliphatic hydroxyl groups is 1. The molecule has 0 saturated carbocycles. The molecule has 1 amide bonds. The van der Waals surface area contributed by atoms with Crippen molar-refractivity contribution in [1.82, 2.24) is 5.32 Å². The molecule has 0 spiro atoms. The molecule has 0 rings (SSSR count). The van der Waals surface area contributed by atoms with Crippen LogP contribution in [0.25, 0.3) is 0 Å². The van der Waals surface area contributed by atoms with Crippen molar-refractivity contribution in [2.75, 3.05) is 19.7 Å². The third-order valence-electron chi connectivity index (χ3n) is 2.29. The van der Waals surface area contributed by atoms with Crippen molar-refractivity contribution in [3.05, 3.63) is 0 Å². The van der Waals surface area contributed by atoms with Crippen molar-refractivity contribution < 1.29 is 9.90 Å². The zero-order valence-corrected chi connectivity index (χ0v) is 8.96. The summed E-state index contributed by atoms with van der Waals surface area (Å²) in [4.78, 5) is 11.3. The van der Waals surface area contributed by atoms with Gasteiger partial charge in [0.1, 0.15) is 0 Å². The van der Waals surface area contributed by atoms with Gasteiger partial charge in [-0.25, -0.2) is 0 Å². The first-order chi connectivity index (χ1) is 6.74. The van der Waals surface area contributed by atoms with E-state index in [2.05, 4.69) is 5.32 Å². The van der Waals surface area contributed by atoms with E-state index in [1.165, 1.54) is 0 Å². The van der Waals surface area contributed by atoms with Crippen LogP contribution in [0.4, 0.5) is 0 Å². The molecule has 14 heavy (non-hydrogen) atoms. The SMILES string of the molecule is CCC(CN)CC(=O)NCCCCO. The average Bonchev–Trinajstić information content (AvgIpc) is 2.21. The maximum absolute atomic E-state index is 11.3. The maximum atomic E-state index is 11.3. The fraction of sp³-hybridized carbons (Fsp3) is 0.900. The summed E-state index contributed by atoms with van der Waals surface area (Å²) in [7, 11) is 0. The minimum absolute atomic E-state index is 0.0697. The van der Waals surface area contributed by atoms with Gasteiger partial charge >= 0.3 is 0 Å². The van der Waals surface area contributed by atoms with Gasteiger partial charge in [0.25, 0.3) is 0 Å². The van der Waals surface area contributed by atoms with Crippen LogP contribution < -0.4 is 11.1 Å². The molecule has 4 nitrogen and oxygen atoms in total. The monoisotopic (exact) mass is 202 g/mol. The van der Waals surface area contributed by atoms with Gasteiger partial charge in [-0.15, -0.1) is 0 Å². The summed E-state index contributed by atoms with van der Waals surface area (Å²) in [5, 5.41) is 11.3. The van der Waals surface area contributed by atoms with Gasteiger partial charge in [0.05, 0.1) is 0 Å². The van der Waals surface area contributed by atoms with Crippen molar-refractivity contribution in [3.8, 4) is 0 Å². The quantitative estimate of drug-likeness (QED) is 0.494. The van der Waals surface area contributed by atoms with E-state index in [4.69, 9.17) is 10.8 Å². The Bertz CT molecular complexity index is 147. The van der Waals surface area contributed by atoms with Crippen LogP contribution in [0.3, 0.4) is 0 Å². The van der Waals surface area contributed by atoms with E-state index in [9.17, 15) is 4.79 Å². The zero-order chi connectivity index (χ0) is 10.8. The third kappa shape index (κ3) is 6.86. The Hall–Kier alpha value is -0.610. The number of nitrogens with two attached hydrogens (primary N) is 1. The maximum Gasteiger partial charge on any atom is 0.220 e. The predicted molar refractivity (Wildman–Crippen MR) is 56.8 cm³/mol. The molecule has 0 aromatic heterocycles. The third-order valence-corrected chi connectivity index (χ3v) is 2.29. The number of carbonyl (C=O) groups is 1. The Balaban J connectivity index is 3.44. The van der Waals surface area contributed by atoms with Gasteiger partial charge in [-0.2, -0.15) is 0 Å². The molecule has 1 unspecified atom stereocenters. The van der Waals surface area contributed by atoms with E-state index >= 15 is 0 Å². The second kappa shape index (κ2) is 8.97. The fourth-order valence-electron chi connectivity index (χ4n) is 1.19. The van der Waals surface area contributed by atoms with Gasteiger partial charge < -0.3 is 16.2 Å². The molecule has 0 aromatic carbocycles. The standard InChI is InChI=1S/C10H22N2O2/c1-2-9(8-11)7-10(14)12-5-3-4-6-13/h9,13H,2-8,11H2,1H3,(H,12,14). The summed E-state index contributed by atoms with van der Waals surface area (Å²) in [5.74, 6) is 0.369. The summed E-state index contributed by atoms with van der Waals surface area (Å²) < 4.78 is 0. The molecule has 4 N–H and O–H groups in total. The van der Waals surface area contributed by atoms with E-state index in [-0.39, 0.29) is 12.5 Å². The highest BCUT2D eigenvalue weighted by Crippen LogP contribution is 2.05. The molecule has 84 valence electrons. The summed E-state index contributed by atoms with van der Waals surface area (Å²) in [5.41, 5.74) is 5.49. The Morgan fingerprint density at radius 1 is 1.50 bits per heavy atom. The Morgan fingerprint density at radius 3 is 2.71 bits per heavy atom. The van der Waals surface area contributed by atoms with Gasteiger partial charge in [0, 0.05) is 19.6 Å². The smallest absolute Gasteiger partial charge is 0.220 e. The van der Waals surface area contributed by atoms with Crippen molar-refractivity contribution in [3.63, 3.8) is 0 Å². The number of hydrogen-bond acceptors (Lipinski definition) is 3. The van der Waals surface area contributed by atoms with Crippen LogP contribution in [0.15, 0.2) is 0 Å². The molecule has 0 saturated heterocycles. The number of amides is 1. The van der Waals surface area contributed by atoms with Gasteiger partial charge in [0.2, 0.25) is 5.91 Å². The molecule has 0 heterocycles. The van der Waals surface area contributed by atoms with Crippen LogP contribution in [0.5, 0.6) is 0 Å². The lowest BCUT2D eigenvalue weighted by atomic mass is 10.0. The van der Waals surface area contributed by atoms with Crippen LogP contribution in [0.1, 0.15) is 32.6 Å². The highest BCUT2D eigenvalue weighted by Gasteiger charge is 2.09. The Labute approximate surface area is 85.9 Å². The van der Waals surface area contributed by atoms with Crippen LogP contribution in [0, 0.1) is 5.92 Å². The van der Waals surface area contributed by atoms with Crippen molar-refractivity contribution in [2.24, 2.45) is 11.7 Å². The number of unbranched alkanes of at least 4 members (excludes halogenated alkanes) is 1. The van der Waals surface area contributed by atoms with Crippen LogP contribution in [0.2, 0.25) is 0 Å². The average molecular weight is 202 g/mol. The molecule has 0 fully saturated rings. The van der Waals surface area contributed by atoms with E-state index in [0.29, 0.717) is 25.4 Å². The minimum atomic E-state index is 0.0697. The van der Waals surface area contributed by atoms with Gasteiger partial charge in [-0.05, 0) is 25.3 Å². The summed E-state index contributed by atoms with van der Waals surface area (Å²) >= 11 is 0. The first-order valence-electron chi connectivity index (χ1n) is 5.32. The second-order valence-electron chi connectivity index (χ2n) is 3.49. The van der Waals surface area contributed by atoms with E-state index in [0.717, 1.165) is 19.3 Å². The lowest BCUT2D eigenvalue weighted by molar-refractivity contribution is -0.122. The number of nitrogens with one attached hydrogen (secondary N) is 1. The largest absolute Gasteiger partial charge is 0.396 e. The minimum Gasteiger partial charge on any atom is -0.396 e. The van der Waals surface area contributed by atoms with Crippen molar-refractivity contribution in [1.29, 1.82) is 0 Å². The summed E-state index contributed by atoms with van der Waals surface area (Å²) in [6.07, 6.45) is 3.04. The van der Waals surface area contributed by atoms with Crippen molar-refractivity contribution >= 4 is 5.91 Å². The molecule has 0 aliphatic carbocycles. The van der Waals surface area contributed by atoms with E-state index in [1.54, 1.807) is 0 Å². The number of hydrogen-bond donors (Lipinski definition) is 3. The molecule has 0 aliphatic rings. The lowest BCUT2D eigenvalue weighted by Gasteiger charge is -2.11. The van der Waals surface area contributed by atoms with E-state index < -0.39 is 0 Å². The number of rotatable bonds is 8. The molecule has 4 heteroatoms. The first-order valence-corrected chi connectivity index (χ1v) is 5.32. The molecular formula is C10H22N2O2.